The summed E-state index contributed by atoms with van der Waals surface area (Å²) >= 11 is 0. The molecule has 0 saturated carbocycles. The summed E-state index contributed by atoms with van der Waals surface area (Å²) in [4.78, 5) is 27.5. The van der Waals surface area contributed by atoms with Gasteiger partial charge in [-0.3, -0.25) is 9.59 Å². The molecule has 4 rings (SSSR count). The highest BCUT2D eigenvalue weighted by atomic mass is 19.1. The highest BCUT2D eigenvalue weighted by Crippen LogP contribution is 2.36. The molecular formula is C24H27FN2O3. The van der Waals surface area contributed by atoms with Crippen LogP contribution in [0.4, 0.5) is 4.39 Å². The van der Waals surface area contributed by atoms with Gasteiger partial charge in [0.1, 0.15) is 11.6 Å². The van der Waals surface area contributed by atoms with E-state index in [1.165, 1.54) is 24.3 Å². The Morgan fingerprint density at radius 3 is 2.27 bits per heavy atom. The summed E-state index contributed by atoms with van der Waals surface area (Å²) < 4.78 is 18.5. The molecule has 2 aromatic rings. The number of ether oxygens (including phenoxy) is 1. The van der Waals surface area contributed by atoms with Crippen LogP contribution in [0.1, 0.15) is 48.5 Å². The van der Waals surface area contributed by atoms with E-state index in [4.69, 9.17) is 4.74 Å². The SMILES string of the molecule is CCOc1ccc(CC(=O)N2[C@@H]3CC[C@H]2CC(NC(=O)c2ccc(F)cc2)C3)cc1. The number of carbonyl (C=O) groups excluding carboxylic acids is 2. The molecule has 2 aliphatic heterocycles. The predicted molar refractivity (Wildman–Crippen MR) is 112 cm³/mol. The normalized spacial score (nSPS) is 22.6. The van der Waals surface area contributed by atoms with Gasteiger partial charge < -0.3 is 15.0 Å². The number of halogens is 1. The molecule has 1 N–H and O–H groups in total. The van der Waals surface area contributed by atoms with Gasteiger partial charge in [0.25, 0.3) is 5.91 Å². The van der Waals surface area contributed by atoms with Crippen molar-refractivity contribution >= 4 is 11.8 Å². The van der Waals surface area contributed by atoms with Crippen molar-refractivity contribution in [1.82, 2.24) is 10.2 Å². The summed E-state index contributed by atoms with van der Waals surface area (Å²) in [5.74, 6) is 0.416. The molecule has 2 heterocycles. The smallest absolute Gasteiger partial charge is 0.251 e. The van der Waals surface area contributed by atoms with E-state index in [0.717, 1.165) is 37.0 Å². The molecule has 5 nitrogen and oxygen atoms in total. The van der Waals surface area contributed by atoms with E-state index >= 15 is 0 Å². The average molecular weight is 410 g/mol. The monoisotopic (exact) mass is 410 g/mol. The van der Waals surface area contributed by atoms with E-state index in [2.05, 4.69) is 5.32 Å². The summed E-state index contributed by atoms with van der Waals surface area (Å²) in [6.45, 7) is 2.56. The Hall–Kier alpha value is -2.89. The molecule has 0 spiro atoms. The van der Waals surface area contributed by atoms with Crippen LogP contribution in [0.15, 0.2) is 48.5 Å². The first-order valence-corrected chi connectivity index (χ1v) is 10.6. The number of hydrogen-bond acceptors (Lipinski definition) is 3. The zero-order valence-corrected chi connectivity index (χ0v) is 17.1. The molecule has 3 atom stereocenters. The molecule has 2 bridgehead atoms. The van der Waals surface area contributed by atoms with Crippen molar-refractivity contribution in [2.24, 2.45) is 0 Å². The topological polar surface area (TPSA) is 58.6 Å². The number of nitrogens with zero attached hydrogens (tertiary/aromatic N) is 1. The summed E-state index contributed by atoms with van der Waals surface area (Å²) in [7, 11) is 0. The van der Waals surface area contributed by atoms with E-state index in [-0.39, 0.29) is 35.8 Å². The fourth-order valence-corrected chi connectivity index (χ4v) is 4.71. The number of amides is 2. The Balaban J connectivity index is 1.34. The van der Waals surface area contributed by atoms with Gasteiger partial charge in [0.05, 0.1) is 13.0 Å². The lowest BCUT2D eigenvalue weighted by molar-refractivity contribution is -0.135. The lowest BCUT2D eigenvalue weighted by Gasteiger charge is -2.39. The first kappa shape index (κ1) is 20.4. The van der Waals surface area contributed by atoms with Gasteiger partial charge in [-0.05, 0) is 74.6 Å². The third-order valence-electron chi connectivity index (χ3n) is 6.05. The fraction of sp³-hybridized carbons (Fsp3) is 0.417. The lowest BCUT2D eigenvalue weighted by Crippen LogP contribution is -2.52. The standard InChI is InChI=1S/C24H27FN2O3/c1-2-30-22-11-3-16(4-12-22)13-23(28)27-20-9-10-21(27)15-19(14-20)26-24(29)17-5-7-18(25)8-6-17/h3-8,11-12,19-21H,2,9-10,13-15H2,1H3,(H,26,29)/t19?,20-,21+. The predicted octanol–water partition coefficient (Wildman–Crippen LogP) is 3.72. The maximum Gasteiger partial charge on any atom is 0.251 e. The van der Waals surface area contributed by atoms with Gasteiger partial charge in [-0.15, -0.1) is 0 Å². The van der Waals surface area contributed by atoms with Crippen LogP contribution in [0, 0.1) is 5.82 Å². The highest BCUT2D eigenvalue weighted by Gasteiger charge is 2.43. The van der Waals surface area contributed by atoms with Crippen LogP contribution in [0.3, 0.4) is 0 Å². The number of benzene rings is 2. The zero-order valence-electron chi connectivity index (χ0n) is 17.1. The van der Waals surface area contributed by atoms with Crippen LogP contribution in [0.25, 0.3) is 0 Å². The average Bonchev–Trinajstić information content (AvgIpc) is 3.01. The number of nitrogens with one attached hydrogen (secondary N) is 1. The minimum absolute atomic E-state index is 0.0366. The second-order valence-corrected chi connectivity index (χ2v) is 8.09. The molecule has 2 saturated heterocycles. The van der Waals surface area contributed by atoms with Crippen molar-refractivity contribution in [3.8, 4) is 5.75 Å². The van der Waals surface area contributed by atoms with Crippen molar-refractivity contribution in [3.63, 3.8) is 0 Å². The molecule has 2 aliphatic rings. The van der Waals surface area contributed by atoms with Crippen LogP contribution in [-0.2, 0) is 11.2 Å². The maximum absolute atomic E-state index is 13.1. The Morgan fingerprint density at radius 1 is 1.03 bits per heavy atom. The van der Waals surface area contributed by atoms with Crippen molar-refractivity contribution in [2.75, 3.05) is 6.61 Å². The highest BCUT2D eigenvalue weighted by molar-refractivity contribution is 5.94. The third-order valence-corrected chi connectivity index (χ3v) is 6.05. The maximum atomic E-state index is 13.1. The summed E-state index contributed by atoms with van der Waals surface area (Å²) in [6, 6.07) is 13.6. The van der Waals surface area contributed by atoms with Crippen LogP contribution in [-0.4, -0.2) is 41.4 Å². The number of piperidine rings is 1. The van der Waals surface area contributed by atoms with Gasteiger partial charge in [-0.1, -0.05) is 12.1 Å². The van der Waals surface area contributed by atoms with Crippen LogP contribution >= 0.6 is 0 Å². The van der Waals surface area contributed by atoms with Crippen LogP contribution < -0.4 is 10.1 Å². The van der Waals surface area contributed by atoms with E-state index in [1.807, 2.05) is 36.1 Å². The van der Waals surface area contributed by atoms with Gasteiger partial charge in [0.15, 0.2) is 0 Å². The molecule has 2 fully saturated rings. The summed E-state index contributed by atoms with van der Waals surface area (Å²) in [5.41, 5.74) is 1.44. The van der Waals surface area contributed by atoms with Crippen molar-refractivity contribution in [1.29, 1.82) is 0 Å². The Bertz CT molecular complexity index is 884. The zero-order chi connectivity index (χ0) is 21.1. The van der Waals surface area contributed by atoms with E-state index in [0.29, 0.717) is 18.6 Å². The van der Waals surface area contributed by atoms with Gasteiger partial charge in [-0.2, -0.15) is 0 Å². The van der Waals surface area contributed by atoms with Crippen molar-refractivity contribution < 1.29 is 18.7 Å². The minimum Gasteiger partial charge on any atom is -0.494 e. The van der Waals surface area contributed by atoms with Crippen molar-refractivity contribution in [3.05, 3.63) is 65.5 Å². The number of fused-ring (bicyclic) bond motifs is 2. The second-order valence-electron chi connectivity index (χ2n) is 8.09. The van der Waals surface area contributed by atoms with Crippen LogP contribution in [0.5, 0.6) is 5.75 Å². The summed E-state index contributed by atoms with van der Waals surface area (Å²) in [6.07, 6.45) is 3.86. The molecule has 30 heavy (non-hydrogen) atoms. The first-order valence-electron chi connectivity index (χ1n) is 10.6. The molecule has 1 unspecified atom stereocenters. The third kappa shape index (κ3) is 4.48. The van der Waals surface area contributed by atoms with E-state index < -0.39 is 0 Å². The second kappa shape index (κ2) is 8.86. The van der Waals surface area contributed by atoms with Crippen LogP contribution in [0.2, 0.25) is 0 Å². The van der Waals surface area contributed by atoms with E-state index in [9.17, 15) is 14.0 Å². The molecule has 158 valence electrons. The molecule has 2 amide bonds. The van der Waals surface area contributed by atoms with E-state index in [1.54, 1.807) is 0 Å². The van der Waals surface area contributed by atoms with Gasteiger partial charge in [0.2, 0.25) is 5.91 Å². The number of rotatable bonds is 6. The van der Waals surface area contributed by atoms with Gasteiger partial charge in [-0.25, -0.2) is 4.39 Å². The number of carbonyl (C=O) groups is 2. The van der Waals surface area contributed by atoms with Gasteiger partial charge in [0, 0.05) is 23.7 Å². The minimum atomic E-state index is -0.357. The largest absolute Gasteiger partial charge is 0.494 e. The quantitative estimate of drug-likeness (QED) is 0.790. The molecule has 0 aromatic heterocycles. The number of hydrogen-bond donors (Lipinski definition) is 1. The van der Waals surface area contributed by atoms with Crippen molar-refractivity contribution in [2.45, 2.75) is 57.2 Å². The Labute approximate surface area is 176 Å². The molecule has 2 aromatic carbocycles. The molecule has 0 aliphatic carbocycles. The fourth-order valence-electron chi connectivity index (χ4n) is 4.71. The molecule has 0 radical (unpaired) electrons. The Morgan fingerprint density at radius 2 is 1.67 bits per heavy atom. The Kier molecular flexibility index (Phi) is 6.02. The lowest BCUT2D eigenvalue weighted by atomic mass is 9.96. The first-order chi connectivity index (χ1) is 14.5. The molecular weight excluding hydrogens is 383 g/mol. The van der Waals surface area contributed by atoms with Gasteiger partial charge >= 0.3 is 0 Å². The molecule has 6 heteroatoms. The summed E-state index contributed by atoms with van der Waals surface area (Å²) in [5, 5.41) is 3.07.